The Hall–Kier alpha value is 0.210. The summed E-state index contributed by atoms with van der Waals surface area (Å²) in [6.45, 7) is 0. The Bertz CT molecular complexity index is 235. The number of hydrogen-bond donors (Lipinski definition) is 1. The third-order valence-electron chi connectivity index (χ3n) is 1.39. The molecule has 0 fully saturated rings. The molecule has 0 bridgehead atoms. The zero-order valence-corrected chi connectivity index (χ0v) is 9.01. The summed E-state index contributed by atoms with van der Waals surface area (Å²) in [5.41, 5.74) is 0. The van der Waals surface area contributed by atoms with Gasteiger partial charge in [-0.15, -0.1) is 11.7 Å². The summed E-state index contributed by atoms with van der Waals surface area (Å²) >= 11 is 10.3. The Labute approximate surface area is 79.1 Å². The molecule has 0 aliphatic rings. The van der Waals surface area contributed by atoms with Gasteiger partial charge in [-0.25, -0.2) is 0 Å². The van der Waals surface area contributed by atoms with E-state index >= 15 is 0 Å². The van der Waals surface area contributed by atoms with Crippen LogP contribution in [0, 0.1) is 0 Å². The number of benzene rings is 1. The number of rotatable bonds is 1. The van der Waals surface area contributed by atoms with Crippen molar-refractivity contribution >= 4 is 32.3 Å². The summed E-state index contributed by atoms with van der Waals surface area (Å²) in [7, 11) is -0.884. The first-order valence-corrected chi connectivity index (χ1v) is 7.09. The average Bonchev–Trinajstić information content (AvgIpc) is 1.86. The fourth-order valence-electron chi connectivity index (χ4n) is 0.768. The van der Waals surface area contributed by atoms with Gasteiger partial charge in [-0.05, 0) is 41.7 Å². The van der Waals surface area contributed by atoms with Crippen LogP contribution in [0.15, 0.2) is 29.2 Å². The predicted molar refractivity (Wildman–Crippen MR) is 58.1 cm³/mol. The smallest absolute Gasteiger partial charge is 0.0406 e. The summed E-state index contributed by atoms with van der Waals surface area (Å²) in [4.78, 5) is 1.27. The molecule has 62 valence electrons. The minimum absolute atomic E-state index is 0.783. The molecular formula is C8H11ClS2. The average molecular weight is 207 g/mol. The Morgan fingerprint density at radius 3 is 2.00 bits per heavy atom. The van der Waals surface area contributed by atoms with E-state index in [9.17, 15) is 0 Å². The highest BCUT2D eigenvalue weighted by atomic mass is 35.5. The van der Waals surface area contributed by atoms with Gasteiger partial charge in [0.2, 0.25) is 0 Å². The maximum absolute atomic E-state index is 5.75. The normalized spacial score (nSPS) is 13.1. The molecule has 0 aromatic heterocycles. The summed E-state index contributed by atoms with van der Waals surface area (Å²) in [6, 6.07) is 7.87. The molecule has 0 radical (unpaired) electrons. The Morgan fingerprint density at radius 1 is 1.18 bits per heavy atom. The van der Waals surface area contributed by atoms with Crippen molar-refractivity contribution in [3.63, 3.8) is 0 Å². The molecule has 0 nitrogen and oxygen atoms in total. The van der Waals surface area contributed by atoms with Crippen molar-refractivity contribution in [1.29, 1.82) is 0 Å². The molecule has 1 aromatic carbocycles. The van der Waals surface area contributed by atoms with Gasteiger partial charge in [0, 0.05) is 5.02 Å². The summed E-state index contributed by atoms with van der Waals surface area (Å²) in [5.74, 6) is 0. The van der Waals surface area contributed by atoms with Crippen LogP contribution in [0.4, 0.5) is 0 Å². The lowest BCUT2D eigenvalue weighted by atomic mass is 10.4. The zero-order valence-electron chi connectivity index (χ0n) is 6.54. The minimum Gasteiger partial charge on any atom is -0.174 e. The molecule has 0 heterocycles. The first-order chi connectivity index (χ1) is 5.00. The lowest BCUT2D eigenvalue weighted by Crippen LogP contribution is -1.85. The summed E-state index contributed by atoms with van der Waals surface area (Å²) < 4.78 is 0. The molecule has 0 aliphatic heterocycles. The first kappa shape index (κ1) is 9.30. The monoisotopic (exact) mass is 206 g/mol. The van der Waals surface area contributed by atoms with Gasteiger partial charge < -0.3 is 0 Å². The summed E-state index contributed by atoms with van der Waals surface area (Å²) in [6.07, 6.45) is 4.28. The van der Waals surface area contributed by atoms with Gasteiger partial charge in [0.1, 0.15) is 0 Å². The van der Waals surface area contributed by atoms with Crippen molar-refractivity contribution < 1.29 is 0 Å². The third-order valence-corrected chi connectivity index (χ3v) is 3.70. The first-order valence-electron chi connectivity index (χ1n) is 3.21. The van der Waals surface area contributed by atoms with Crippen LogP contribution < -0.4 is 0 Å². The zero-order chi connectivity index (χ0) is 8.48. The number of hydrogen-bond acceptors (Lipinski definition) is 1. The van der Waals surface area contributed by atoms with E-state index < -0.39 is 9.06 Å². The van der Waals surface area contributed by atoms with Crippen molar-refractivity contribution in [3.05, 3.63) is 29.3 Å². The van der Waals surface area contributed by atoms with E-state index in [1.807, 2.05) is 24.3 Å². The molecular weight excluding hydrogens is 196 g/mol. The lowest BCUT2D eigenvalue weighted by molar-refractivity contribution is 1.45. The maximum atomic E-state index is 5.75. The molecule has 0 spiro atoms. The topological polar surface area (TPSA) is 0 Å². The van der Waals surface area contributed by atoms with Crippen molar-refractivity contribution in [3.8, 4) is 0 Å². The SMILES string of the molecule is CS(C)(S)c1ccc(Cl)cc1. The van der Waals surface area contributed by atoms with Gasteiger partial charge in [-0.3, -0.25) is 0 Å². The van der Waals surface area contributed by atoms with Crippen LogP contribution in [-0.4, -0.2) is 12.5 Å². The molecule has 0 saturated heterocycles. The fourth-order valence-corrected chi connectivity index (χ4v) is 2.06. The van der Waals surface area contributed by atoms with E-state index in [0.29, 0.717) is 0 Å². The summed E-state index contributed by atoms with van der Waals surface area (Å²) in [5, 5.41) is 0.783. The predicted octanol–water partition coefficient (Wildman–Crippen LogP) is 3.61. The van der Waals surface area contributed by atoms with Gasteiger partial charge in [0.05, 0.1) is 0 Å². The second-order valence-corrected chi connectivity index (χ2v) is 8.92. The Kier molecular flexibility index (Phi) is 2.79. The standard InChI is InChI=1S/C8H11ClS2/c1-11(2,10)8-5-3-7(9)4-6-8/h3-6,10H,1-2H3. The van der Waals surface area contributed by atoms with E-state index in [1.165, 1.54) is 4.90 Å². The quantitative estimate of drug-likeness (QED) is 0.527. The largest absolute Gasteiger partial charge is 0.174 e. The van der Waals surface area contributed by atoms with Gasteiger partial charge in [0.15, 0.2) is 0 Å². The van der Waals surface area contributed by atoms with Gasteiger partial charge in [0.25, 0.3) is 0 Å². The van der Waals surface area contributed by atoms with Crippen molar-refractivity contribution in [1.82, 2.24) is 0 Å². The number of thiol groups is 1. The van der Waals surface area contributed by atoms with Crippen LogP contribution in [-0.2, 0) is 0 Å². The third kappa shape index (κ3) is 2.62. The van der Waals surface area contributed by atoms with E-state index in [2.05, 4.69) is 24.2 Å². The second kappa shape index (κ2) is 3.30. The highest BCUT2D eigenvalue weighted by molar-refractivity contribution is 8.87. The Morgan fingerprint density at radius 2 is 1.64 bits per heavy atom. The minimum atomic E-state index is -0.884. The highest BCUT2D eigenvalue weighted by Gasteiger charge is 2.07. The van der Waals surface area contributed by atoms with Crippen LogP contribution in [0.2, 0.25) is 5.02 Å². The highest BCUT2D eigenvalue weighted by Crippen LogP contribution is 2.53. The van der Waals surface area contributed by atoms with Gasteiger partial charge in [-0.2, -0.15) is 9.06 Å². The van der Waals surface area contributed by atoms with E-state index in [-0.39, 0.29) is 0 Å². The fraction of sp³-hybridized carbons (Fsp3) is 0.250. The lowest BCUT2D eigenvalue weighted by Gasteiger charge is -2.23. The molecule has 1 rings (SSSR count). The van der Waals surface area contributed by atoms with Crippen molar-refractivity contribution in [2.24, 2.45) is 0 Å². The van der Waals surface area contributed by atoms with E-state index in [0.717, 1.165) is 5.02 Å². The van der Waals surface area contributed by atoms with Crippen LogP contribution in [0.5, 0.6) is 0 Å². The molecule has 0 saturated carbocycles. The van der Waals surface area contributed by atoms with Gasteiger partial charge >= 0.3 is 0 Å². The molecule has 0 atom stereocenters. The van der Waals surface area contributed by atoms with Crippen LogP contribution in [0.1, 0.15) is 0 Å². The van der Waals surface area contributed by atoms with E-state index in [4.69, 9.17) is 11.6 Å². The number of halogens is 1. The Balaban J connectivity index is 2.99. The molecule has 0 N–H and O–H groups in total. The second-order valence-electron chi connectivity index (χ2n) is 2.73. The van der Waals surface area contributed by atoms with E-state index in [1.54, 1.807) is 0 Å². The molecule has 1 aromatic rings. The molecule has 0 aliphatic carbocycles. The van der Waals surface area contributed by atoms with Crippen LogP contribution in [0.3, 0.4) is 0 Å². The van der Waals surface area contributed by atoms with Crippen molar-refractivity contribution in [2.45, 2.75) is 4.90 Å². The molecule has 0 unspecified atom stereocenters. The van der Waals surface area contributed by atoms with Crippen molar-refractivity contribution in [2.75, 3.05) is 12.5 Å². The van der Waals surface area contributed by atoms with Gasteiger partial charge in [-0.1, -0.05) is 11.6 Å². The molecule has 11 heavy (non-hydrogen) atoms. The molecule has 0 amide bonds. The molecule has 3 heteroatoms. The van der Waals surface area contributed by atoms with Crippen LogP contribution in [0.25, 0.3) is 0 Å². The maximum Gasteiger partial charge on any atom is 0.0406 e. The van der Waals surface area contributed by atoms with Crippen LogP contribution >= 0.6 is 32.3 Å².